The molecule has 3 aromatic rings. The molecular weight excluding hydrogens is 508 g/mol. The lowest BCUT2D eigenvalue weighted by Gasteiger charge is -2.35. The van der Waals surface area contributed by atoms with Gasteiger partial charge in [-0.25, -0.2) is 13.4 Å². The third kappa shape index (κ3) is 5.19. The van der Waals surface area contributed by atoms with Crippen molar-refractivity contribution in [1.29, 1.82) is 0 Å². The summed E-state index contributed by atoms with van der Waals surface area (Å²) in [6.07, 6.45) is 3.68. The standard InChI is InChI=1S/C27H34N4O4S2/c1-3-21-8-5-6-15-31(21)37(33,34)22-13-11-20(12-14-22)26(32)29-16-18-30(19-17-29)27-28-25-23(35-4-2)9-7-10-24(25)36-27/h7,9-14,21H,3-6,8,15-19H2,1-2H3. The Labute approximate surface area is 222 Å². The van der Waals surface area contributed by atoms with E-state index in [-0.39, 0.29) is 16.8 Å². The number of aromatic nitrogens is 1. The lowest BCUT2D eigenvalue weighted by atomic mass is 10.0. The maximum absolute atomic E-state index is 13.2. The number of thiazole rings is 1. The topological polar surface area (TPSA) is 83.0 Å². The SMILES string of the molecule is CCOc1cccc2sc(N3CCN(C(=O)c4ccc(S(=O)(=O)N5CCCCC5CC)cc4)CC3)nc12. The minimum Gasteiger partial charge on any atom is -0.492 e. The molecule has 2 aromatic carbocycles. The van der Waals surface area contributed by atoms with Crippen LogP contribution in [0, 0.1) is 0 Å². The molecule has 37 heavy (non-hydrogen) atoms. The third-order valence-corrected chi connectivity index (χ3v) is 10.3. The highest BCUT2D eigenvalue weighted by molar-refractivity contribution is 7.89. The van der Waals surface area contributed by atoms with Gasteiger partial charge in [-0.3, -0.25) is 4.79 Å². The van der Waals surface area contributed by atoms with Crippen molar-refractivity contribution in [3.05, 3.63) is 48.0 Å². The van der Waals surface area contributed by atoms with E-state index in [0.717, 1.165) is 46.8 Å². The van der Waals surface area contributed by atoms with Gasteiger partial charge in [0, 0.05) is 44.3 Å². The number of piperazine rings is 1. The van der Waals surface area contributed by atoms with Crippen LogP contribution in [-0.2, 0) is 10.0 Å². The number of nitrogens with zero attached hydrogens (tertiary/aromatic N) is 4. The Hall–Kier alpha value is -2.69. The van der Waals surface area contributed by atoms with Gasteiger partial charge in [0.25, 0.3) is 5.91 Å². The quantitative estimate of drug-likeness (QED) is 0.434. The van der Waals surface area contributed by atoms with Gasteiger partial charge in [0.2, 0.25) is 10.0 Å². The molecule has 2 saturated heterocycles. The summed E-state index contributed by atoms with van der Waals surface area (Å²) in [5, 5.41) is 0.937. The molecule has 0 saturated carbocycles. The number of amides is 1. The first-order valence-electron chi connectivity index (χ1n) is 13.1. The second kappa shape index (κ2) is 11.0. The van der Waals surface area contributed by atoms with Gasteiger partial charge in [-0.2, -0.15) is 4.31 Å². The highest BCUT2D eigenvalue weighted by Gasteiger charge is 2.33. The molecule has 2 aliphatic rings. The molecule has 5 rings (SSSR count). The van der Waals surface area contributed by atoms with Crippen molar-refractivity contribution in [2.75, 3.05) is 44.2 Å². The molecule has 0 N–H and O–H groups in total. The number of piperidine rings is 1. The van der Waals surface area contributed by atoms with Crippen LogP contribution in [0.4, 0.5) is 5.13 Å². The second-order valence-corrected chi connectivity index (χ2v) is 12.4. The zero-order chi connectivity index (χ0) is 26.0. The summed E-state index contributed by atoms with van der Waals surface area (Å²) >= 11 is 1.64. The number of carbonyl (C=O) groups excluding carboxylic acids is 1. The fraction of sp³-hybridized carbons (Fsp3) is 0.481. The van der Waals surface area contributed by atoms with E-state index < -0.39 is 10.0 Å². The van der Waals surface area contributed by atoms with E-state index in [1.165, 1.54) is 0 Å². The molecule has 198 valence electrons. The van der Waals surface area contributed by atoms with Crippen LogP contribution in [0.2, 0.25) is 0 Å². The molecule has 0 aliphatic carbocycles. The first-order chi connectivity index (χ1) is 17.9. The zero-order valence-electron chi connectivity index (χ0n) is 21.4. The number of hydrogen-bond donors (Lipinski definition) is 0. The third-order valence-electron chi connectivity index (χ3n) is 7.26. The Morgan fingerprint density at radius 1 is 1.03 bits per heavy atom. The van der Waals surface area contributed by atoms with Crippen LogP contribution < -0.4 is 9.64 Å². The fourth-order valence-corrected chi connectivity index (χ4v) is 8.01. The summed E-state index contributed by atoms with van der Waals surface area (Å²) in [5.74, 6) is 0.725. The number of benzene rings is 2. The van der Waals surface area contributed by atoms with Crippen LogP contribution in [0.1, 0.15) is 49.9 Å². The molecule has 1 aromatic heterocycles. The minimum absolute atomic E-state index is 0.0533. The predicted octanol–water partition coefficient (Wildman–Crippen LogP) is 4.61. The van der Waals surface area contributed by atoms with Crippen LogP contribution in [0.15, 0.2) is 47.4 Å². The fourth-order valence-electron chi connectivity index (χ4n) is 5.21. The zero-order valence-corrected chi connectivity index (χ0v) is 23.1. The molecule has 2 fully saturated rings. The van der Waals surface area contributed by atoms with Crippen molar-refractivity contribution in [3.63, 3.8) is 0 Å². The maximum Gasteiger partial charge on any atom is 0.253 e. The van der Waals surface area contributed by atoms with Crippen molar-refractivity contribution in [2.45, 2.75) is 50.5 Å². The Bertz CT molecular complexity index is 1350. The number of sulfonamides is 1. The summed E-state index contributed by atoms with van der Waals surface area (Å²) in [5.41, 5.74) is 1.40. The second-order valence-electron chi connectivity index (χ2n) is 9.51. The Kier molecular flexibility index (Phi) is 7.69. The lowest BCUT2D eigenvalue weighted by molar-refractivity contribution is 0.0746. The molecule has 0 bridgehead atoms. The monoisotopic (exact) mass is 542 g/mol. The number of hydrogen-bond acceptors (Lipinski definition) is 7. The molecule has 1 amide bonds. The van der Waals surface area contributed by atoms with Crippen molar-refractivity contribution < 1.29 is 17.9 Å². The normalized spacial score (nSPS) is 19.4. The van der Waals surface area contributed by atoms with Gasteiger partial charge in [0.05, 0.1) is 16.2 Å². The highest BCUT2D eigenvalue weighted by Crippen LogP contribution is 2.34. The lowest BCUT2D eigenvalue weighted by Crippen LogP contribution is -2.48. The minimum atomic E-state index is -3.56. The average Bonchev–Trinajstić information content (AvgIpc) is 3.38. The van der Waals surface area contributed by atoms with Crippen molar-refractivity contribution in [2.24, 2.45) is 0 Å². The molecule has 0 radical (unpaired) electrons. The molecule has 3 heterocycles. The van der Waals surface area contributed by atoms with Gasteiger partial charge in [-0.1, -0.05) is 30.7 Å². The van der Waals surface area contributed by atoms with E-state index >= 15 is 0 Å². The Morgan fingerprint density at radius 3 is 2.49 bits per heavy atom. The van der Waals surface area contributed by atoms with Crippen LogP contribution in [-0.4, -0.2) is 73.9 Å². The van der Waals surface area contributed by atoms with Crippen LogP contribution in [0.3, 0.4) is 0 Å². The maximum atomic E-state index is 13.2. The average molecular weight is 543 g/mol. The Balaban J connectivity index is 1.24. The van der Waals surface area contributed by atoms with E-state index in [1.807, 2.05) is 30.9 Å². The molecule has 0 spiro atoms. The number of para-hydroxylation sites is 1. The van der Waals surface area contributed by atoms with Crippen molar-refractivity contribution in [1.82, 2.24) is 14.2 Å². The summed E-state index contributed by atoms with van der Waals surface area (Å²) in [7, 11) is -3.56. The number of anilines is 1. The van der Waals surface area contributed by atoms with E-state index in [4.69, 9.17) is 9.72 Å². The van der Waals surface area contributed by atoms with Crippen molar-refractivity contribution in [3.8, 4) is 5.75 Å². The molecule has 10 heteroatoms. The first kappa shape index (κ1) is 25.9. The molecule has 1 unspecified atom stereocenters. The highest BCUT2D eigenvalue weighted by atomic mass is 32.2. The van der Waals surface area contributed by atoms with E-state index in [2.05, 4.69) is 11.0 Å². The van der Waals surface area contributed by atoms with Gasteiger partial charge in [0.1, 0.15) is 11.3 Å². The van der Waals surface area contributed by atoms with Crippen LogP contribution in [0.5, 0.6) is 5.75 Å². The van der Waals surface area contributed by atoms with E-state index in [9.17, 15) is 13.2 Å². The van der Waals surface area contributed by atoms with Crippen molar-refractivity contribution >= 4 is 42.6 Å². The van der Waals surface area contributed by atoms with Gasteiger partial charge in [-0.15, -0.1) is 0 Å². The predicted molar refractivity (Wildman–Crippen MR) is 147 cm³/mol. The molecule has 8 nitrogen and oxygen atoms in total. The Morgan fingerprint density at radius 2 is 1.78 bits per heavy atom. The molecule has 2 aliphatic heterocycles. The van der Waals surface area contributed by atoms with Gasteiger partial charge in [-0.05, 0) is 62.6 Å². The van der Waals surface area contributed by atoms with E-state index in [1.54, 1.807) is 39.9 Å². The summed E-state index contributed by atoms with van der Waals surface area (Å²) < 4.78 is 34.9. The summed E-state index contributed by atoms with van der Waals surface area (Å²) in [6, 6.07) is 12.5. The van der Waals surface area contributed by atoms with Crippen LogP contribution in [0.25, 0.3) is 10.2 Å². The van der Waals surface area contributed by atoms with Gasteiger partial charge >= 0.3 is 0 Å². The van der Waals surface area contributed by atoms with Gasteiger partial charge < -0.3 is 14.5 Å². The summed E-state index contributed by atoms with van der Waals surface area (Å²) in [6.45, 7) is 7.70. The smallest absolute Gasteiger partial charge is 0.253 e. The number of carbonyl (C=O) groups is 1. The van der Waals surface area contributed by atoms with Crippen LogP contribution >= 0.6 is 11.3 Å². The van der Waals surface area contributed by atoms with E-state index in [0.29, 0.717) is 44.9 Å². The molecule has 1 atom stereocenters. The summed E-state index contributed by atoms with van der Waals surface area (Å²) in [4.78, 5) is 22.3. The first-order valence-corrected chi connectivity index (χ1v) is 15.4. The number of rotatable bonds is 7. The number of fused-ring (bicyclic) bond motifs is 1. The largest absolute Gasteiger partial charge is 0.492 e. The molecular formula is C27H34N4O4S2. The van der Waals surface area contributed by atoms with Gasteiger partial charge in [0.15, 0.2) is 5.13 Å². The number of ether oxygens (including phenoxy) is 1.